The molecular weight excluding hydrogens is 256 g/mol. The van der Waals surface area contributed by atoms with Crippen LogP contribution in [0.1, 0.15) is 53.4 Å². The number of carbonyl (C=O) groups is 2. The molecule has 20 heavy (non-hydrogen) atoms. The summed E-state index contributed by atoms with van der Waals surface area (Å²) in [6.45, 7) is 8.99. The third-order valence-corrected chi connectivity index (χ3v) is 4.05. The summed E-state index contributed by atoms with van der Waals surface area (Å²) < 4.78 is 0. The Bertz CT molecular complexity index is 357. The normalized spacial score (nSPS) is 24.6. The Morgan fingerprint density at radius 1 is 1.30 bits per heavy atom. The molecule has 2 unspecified atom stereocenters. The van der Waals surface area contributed by atoms with Gasteiger partial charge in [-0.15, -0.1) is 0 Å². The van der Waals surface area contributed by atoms with Gasteiger partial charge >= 0.3 is 12.0 Å². The molecule has 5 nitrogen and oxygen atoms in total. The molecule has 2 atom stereocenters. The third kappa shape index (κ3) is 4.69. The standard InChI is InChI=1S/C15H28N2O3/c1-11(2)6-7-12(3)16-14(20)17-9-5-8-15(4,10-17)13(18)19/h11-12H,5-10H2,1-4H3,(H,16,20)(H,18,19). The minimum absolute atomic E-state index is 0.128. The molecule has 2 N–H and O–H groups in total. The molecule has 1 heterocycles. The zero-order valence-corrected chi connectivity index (χ0v) is 13.1. The molecule has 0 aromatic carbocycles. The molecule has 1 rings (SSSR count). The van der Waals surface area contributed by atoms with E-state index in [1.54, 1.807) is 11.8 Å². The number of carboxylic acid groups (broad SMARTS) is 1. The first-order valence-corrected chi connectivity index (χ1v) is 7.53. The van der Waals surface area contributed by atoms with Crippen LogP contribution in [0.15, 0.2) is 0 Å². The smallest absolute Gasteiger partial charge is 0.317 e. The molecule has 1 fully saturated rings. The van der Waals surface area contributed by atoms with Gasteiger partial charge in [0, 0.05) is 19.1 Å². The molecule has 1 aliphatic heterocycles. The Hall–Kier alpha value is -1.26. The van der Waals surface area contributed by atoms with Crippen molar-refractivity contribution in [2.45, 2.75) is 59.4 Å². The molecule has 0 bridgehead atoms. The van der Waals surface area contributed by atoms with Crippen molar-refractivity contribution in [3.8, 4) is 0 Å². The summed E-state index contributed by atoms with van der Waals surface area (Å²) in [5.41, 5.74) is -0.809. The predicted molar refractivity (Wildman–Crippen MR) is 78.6 cm³/mol. The topological polar surface area (TPSA) is 69.6 Å². The maximum Gasteiger partial charge on any atom is 0.317 e. The second kappa shape index (κ2) is 6.95. The summed E-state index contributed by atoms with van der Waals surface area (Å²) in [5.74, 6) is -0.192. The second-order valence-electron chi connectivity index (χ2n) is 6.71. The molecule has 0 spiro atoms. The van der Waals surface area contributed by atoms with Gasteiger partial charge in [-0.25, -0.2) is 4.79 Å². The molecule has 1 aliphatic rings. The van der Waals surface area contributed by atoms with E-state index >= 15 is 0 Å². The molecule has 0 aliphatic carbocycles. The molecule has 5 heteroatoms. The van der Waals surface area contributed by atoms with Gasteiger partial charge in [0.05, 0.1) is 5.41 Å². The van der Waals surface area contributed by atoms with E-state index in [-0.39, 0.29) is 12.1 Å². The van der Waals surface area contributed by atoms with Crippen LogP contribution in [0.4, 0.5) is 4.79 Å². The summed E-state index contributed by atoms with van der Waals surface area (Å²) in [5, 5.41) is 12.2. The van der Waals surface area contributed by atoms with Crippen molar-refractivity contribution in [1.29, 1.82) is 0 Å². The highest BCUT2D eigenvalue weighted by molar-refractivity contribution is 5.78. The number of carboxylic acids is 1. The number of carbonyl (C=O) groups excluding carboxylic acids is 1. The Morgan fingerprint density at radius 3 is 2.50 bits per heavy atom. The Morgan fingerprint density at radius 2 is 1.95 bits per heavy atom. The average Bonchev–Trinajstić information content (AvgIpc) is 2.36. The number of rotatable bonds is 5. The summed E-state index contributed by atoms with van der Waals surface area (Å²) in [6, 6.07) is -0.00339. The van der Waals surface area contributed by atoms with E-state index in [4.69, 9.17) is 0 Å². The lowest BCUT2D eigenvalue weighted by Crippen LogP contribution is -2.52. The Balaban J connectivity index is 2.49. The van der Waals surface area contributed by atoms with Crippen LogP contribution in [0.3, 0.4) is 0 Å². The van der Waals surface area contributed by atoms with Gasteiger partial charge in [0.2, 0.25) is 0 Å². The van der Waals surface area contributed by atoms with E-state index in [1.807, 2.05) is 6.92 Å². The molecule has 0 radical (unpaired) electrons. The second-order valence-corrected chi connectivity index (χ2v) is 6.71. The van der Waals surface area contributed by atoms with Crippen LogP contribution < -0.4 is 5.32 Å². The van der Waals surface area contributed by atoms with E-state index in [0.29, 0.717) is 25.4 Å². The van der Waals surface area contributed by atoms with Crippen LogP contribution in [0, 0.1) is 11.3 Å². The molecular formula is C15H28N2O3. The highest BCUT2D eigenvalue weighted by Crippen LogP contribution is 2.29. The predicted octanol–water partition coefficient (Wildman–Crippen LogP) is 2.71. The molecule has 0 aromatic heterocycles. The monoisotopic (exact) mass is 284 g/mol. The number of amides is 2. The molecule has 0 aromatic rings. The largest absolute Gasteiger partial charge is 0.481 e. The maximum atomic E-state index is 12.2. The number of aliphatic carboxylic acids is 1. The van der Waals surface area contributed by atoms with Crippen molar-refractivity contribution >= 4 is 12.0 Å². The van der Waals surface area contributed by atoms with Crippen LogP contribution >= 0.6 is 0 Å². The third-order valence-electron chi connectivity index (χ3n) is 4.05. The zero-order valence-electron chi connectivity index (χ0n) is 13.1. The molecule has 0 saturated carbocycles. The summed E-state index contributed by atoms with van der Waals surface area (Å²) in [4.78, 5) is 25.1. The lowest BCUT2D eigenvalue weighted by Gasteiger charge is -2.38. The number of nitrogens with zero attached hydrogens (tertiary/aromatic N) is 1. The minimum atomic E-state index is -0.817. The summed E-state index contributed by atoms with van der Waals surface area (Å²) in [7, 11) is 0. The first-order valence-electron chi connectivity index (χ1n) is 7.53. The van der Waals surface area contributed by atoms with Crippen LogP contribution in [0.2, 0.25) is 0 Å². The van der Waals surface area contributed by atoms with Crippen LogP contribution in [-0.4, -0.2) is 41.1 Å². The van der Waals surface area contributed by atoms with Gasteiger partial charge < -0.3 is 15.3 Å². The van der Waals surface area contributed by atoms with E-state index in [1.165, 1.54) is 0 Å². The summed E-state index contributed by atoms with van der Waals surface area (Å²) in [6.07, 6.45) is 3.41. The number of hydrogen-bond donors (Lipinski definition) is 2. The number of hydrogen-bond acceptors (Lipinski definition) is 2. The van der Waals surface area contributed by atoms with Gasteiger partial charge in [-0.05, 0) is 45.4 Å². The summed E-state index contributed by atoms with van der Waals surface area (Å²) >= 11 is 0. The Kier molecular flexibility index (Phi) is 5.84. The number of likely N-dealkylation sites (tertiary alicyclic amines) is 1. The highest BCUT2D eigenvalue weighted by Gasteiger charge is 2.39. The van der Waals surface area contributed by atoms with Crippen LogP contribution in [0.25, 0.3) is 0 Å². The van der Waals surface area contributed by atoms with E-state index in [0.717, 1.165) is 19.3 Å². The zero-order chi connectivity index (χ0) is 15.3. The number of nitrogens with one attached hydrogen (secondary N) is 1. The fraction of sp³-hybridized carbons (Fsp3) is 0.867. The van der Waals surface area contributed by atoms with Crippen molar-refractivity contribution in [3.05, 3.63) is 0 Å². The van der Waals surface area contributed by atoms with Crippen molar-refractivity contribution in [2.24, 2.45) is 11.3 Å². The van der Waals surface area contributed by atoms with Crippen molar-refractivity contribution in [3.63, 3.8) is 0 Å². The maximum absolute atomic E-state index is 12.2. The lowest BCUT2D eigenvalue weighted by atomic mass is 9.82. The quantitative estimate of drug-likeness (QED) is 0.815. The van der Waals surface area contributed by atoms with Gasteiger partial charge in [0.25, 0.3) is 0 Å². The average molecular weight is 284 g/mol. The fourth-order valence-corrected chi connectivity index (χ4v) is 2.54. The van der Waals surface area contributed by atoms with E-state index in [2.05, 4.69) is 19.2 Å². The molecule has 1 saturated heterocycles. The van der Waals surface area contributed by atoms with E-state index in [9.17, 15) is 14.7 Å². The highest BCUT2D eigenvalue weighted by atomic mass is 16.4. The molecule has 2 amide bonds. The Labute approximate surface area is 121 Å². The molecule has 116 valence electrons. The van der Waals surface area contributed by atoms with Crippen molar-refractivity contribution in [1.82, 2.24) is 10.2 Å². The van der Waals surface area contributed by atoms with Gasteiger partial charge in [-0.1, -0.05) is 13.8 Å². The van der Waals surface area contributed by atoms with Gasteiger partial charge in [-0.2, -0.15) is 0 Å². The number of urea groups is 1. The number of piperidine rings is 1. The lowest BCUT2D eigenvalue weighted by molar-refractivity contribution is -0.150. The van der Waals surface area contributed by atoms with Gasteiger partial charge in [0.15, 0.2) is 0 Å². The van der Waals surface area contributed by atoms with Crippen molar-refractivity contribution < 1.29 is 14.7 Å². The first kappa shape index (κ1) is 16.8. The van der Waals surface area contributed by atoms with E-state index < -0.39 is 11.4 Å². The van der Waals surface area contributed by atoms with Crippen LogP contribution in [0.5, 0.6) is 0 Å². The van der Waals surface area contributed by atoms with Crippen LogP contribution in [-0.2, 0) is 4.79 Å². The minimum Gasteiger partial charge on any atom is -0.481 e. The van der Waals surface area contributed by atoms with Gasteiger partial charge in [-0.3, -0.25) is 4.79 Å². The van der Waals surface area contributed by atoms with Gasteiger partial charge in [0.1, 0.15) is 0 Å². The first-order chi connectivity index (χ1) is 9.24. The fourth-order valence-electron chi connectivity index (χ4n) is 2.54. The SMILES string of the molecule is CC(C)CCC(C)NC(=O)N1CCCC(C)(C(=O)O)C1. The van der Waals surface area contributed by atoms with Crippen molar-refractivity contribution in [2.75, 3.05) is 13.1 Å².